The van der Waals surface area contributed by atoms with Gasteiger partial charge in [-0.25, -0.2) is 4.98 Å². The molecule has 8 heteroatoms. The number of aliphatic carboxylic acids is 1. The Morgan fingerprint density at radius 3 is 2.49 bits per heavy atom. The number of benzene rings is 2. The van der Waals surface area contributed by atoms with Crippen LogP contribution in [-0.4, -0.2) is 40.9 Å². The summed E-state index contributed by atoms with van der Waals surface area (Å²) in [6.45, 7) is 4.16. The molecule has 0 fully saturated rings. The van der Waals surface area contributed by atoms with Crippen LogP contribution in [0.2, 0.25) is 0 Å². The summed E-state index contributed by atoms with van der Waals surface area (Å²) in [5.41, 5.74) is 9.87. The van der Waals surface area contributed by atoms with Crippen molar-refractivity contribution in [2.24, 2.45) is 5.73 Å². The van der Waals surface area contributed by atoms with Crippen molar-refractivity contribution in [2.75, 3.05) is 23.3 Å². The standard InChI is InChI=1S/C27H27N5O3/c1-18-17-23(27(35)32(15-12-25(33)34)24-7-3-4-13-31-24)19(2)16-21(18)6-5-14-30-22-10-8-20(9-11-22)26(28)29/h3-4,7-11,13,16-17,30H,12,14-15H2,1-2H3,(H3,28,29)(H,33,34). The first-order valence-electron chi connectivity index (χ1n) is 11.0. The Labute approximate surface area is 204 Å². The number of rotatable bonds is 8. The largest absolute Gasteiger partial charge is 0.481 e. The first-order chi connectivity index (χ1) is 16.8. The minimum atomic E-state index is -0.985. The molecule has 5 N–H and O–H groups in total. The van der Waals surface area contributed by atoms with Crippen LogP contribution in [0, 0.1) is 31.1 Å². The molecule has 0 aliphatic heterocycles. The molecule has 0 aliphatic carbocycles. The van der Waals surface area contributed by atoms with E-state index in [0.717, 1.165) is 22.4 Å². The summed E-state index contributed by atoms with van der Waals surface area (Å²) in [6, 6.07) is 16.0. The van der Waals surface area contributed by atoms with E-state index in [1.807, 2.05) is 32.0 Å². The molecule has 0 radical (unpaired) electrons. The Bertz CT molecular complexity index is 1290. The number of amidine groups is 1. The molecule has 8 nitrogen and oxygen atoms in total. The van der Waals surface area contributed by atoms with Crippen LogP contribution < -0.4 is 16.0 Å². The molecule has 0 saturated carbocycles. The Morgan fingerprint density at radius 1 is 1.11 bits per heavy atom. The lowest BCUT2D eigenvalue weighted by Gasteiger charge is -2.22. The molecule has 0 saturated heterocycles. The molecule has 178 valence electrons. The van der Waals surface area contributed by atoms with Gasteiger partial charge in [-0.1, -0.05) is 17.9 Å². The number of carboxylic acid groups (broad SMARTS) is 1. The number of amides is 1. The molecule has 0 atom stereocenters. The van der Waals surface area contributed by atoms with Crippen molar-refractivity contribution in [3.8, 4) is 11.8 Å². The highest BCUT2D eigenvalue weighted by Gasteiger charge is 2.22. The highest BCUT2D eigenvalue weighted by Crippen LogP contribution is 2.21. The van der Waals surface area contributed by atoms with Gasteiger partial charge in [-0.2, -0.15) is 0 Å². The van der Waals surface area contributed by atoms with Crippen molar-refractivity contribution in [1.82, 2.24) is 4.98 Å². The fourth-order valence-corrected chi connectivity index (χ4v) is 3.42. The van der Waals surface area contributed by atoms with Crippen LogP contribution in [-0.2, 0) is 4.79 Å². The molecule has 3 rings (SSSR count). The minimum Gasteiger partial charge on any atom is -0.481 e. The number of hydrogen-bond donors (Lipinski definition) is 4. The molecule has 1 aromatic heterocycles. The van der Waals surface area contributed by atoms with E-state index in [1.165, 1.54) is 4.90 Å². The van der Waals surface area contributed by atoms with Gasteiger partial charge in [-0.15, -0.1) is 0 Å². The second kappa shape index (κ2) is 11.5. The van der Waals surface area contributed by atoms with E-state index in [4.69, 9.17) is 16.2 Å². The average molecular weight is 470 g/mol. The maximum atomic E-state index is 13.4. The first-order valence-corrected chi connectivity index (χ1v) is 11.0. The highest BCUT2D eigenvalue weighted by atomic mass is 16.4. The Morgan fingerprint density at radius 2 is 1.86 bits per heavy atom. The van der Waals surface area contributed by atoms with Crippen molar-refractivity contribution in [3.63, 3.8) is 0 Å². The molecule has 0 aliphatic rings. The summed E-state index contributed by atoms with van der Waals surface area (Å²) in [7, 11) is 0. The van der Waals surface area contributed by atoms with Gasteiger partial charge in [0.25, 0.3) is 5.91 Å². The summed E-state index contributed by atoms with van der Waals surface area (Å²) in [6.07, 6.45) is 1.38. The van der Waals surface area contributed by atoms with Crippen molar-refractivity contribution >= 4 is 29.2 Å². The molecule has 2 aromatic carbocycles. The highest BCUT2D eigenvalue weighted by molar-refractivity contribution is 6.07. The third-order valence-corrected chi connectivity index (χ3v) is 5.32. The Balaban J connectivity index is 1.75. The molecule has 0 bridgehead atoms. The number of nitrogens with two attached hydrogens (primary N) is 1. The fraction of sp³-hybridized carbons (Fsp3) is 0.185. The van der Waals surface area contributed by atoms with Gasteiger partial charge in [-0.3, -0.25) is 19.9 Å². The molecule has 1 heterocycles. The minimum absolute atomic E-state index is 0.0181. The van der Waals surface area contributed by atoms with Crippen molar-refractivity contribution in [3.05, 3.63) is 88.6 Å². The Hall–Kier alpha value is -4.64. The lowest BCUT2D eigenvalue weighted by molar-refractivity contribution is -0.136. The molecule has 1 amide bonds. The molecule has 0 spiro atoms. The van der Waals surface area contributed by atoms with E-state index in [2.05, 4.69) is 22.1 Å². The van der Waals surface area contributed by atoms with E-state index >= 15 is 0 Å². The maximum Gasteiger partial charge on any atom is 0.305 e. The number of nitrogen functional groups attached to an aromatic ring is 1. The number of carbonyl (C=O) groups is 2. The zero-order valence-corrected chi connectivity index (χ0v) is 19.6. The average Bonchev–Trinajstić information content (AvgIpc) is 2.84. The number of aromatic nitrogens is 1. The summed E-state index contributed by atoms with van der Waals surface area (Å²) < 4.78 is 0. The van der Waals surface area contributed by atoms with E-state index in [1.54, 1.807) is 42.6 Å². The molecular formula is C27H27N5O3. The maximum absolute atomic E-state index is 13.4. The predicted molar refractivity (Wildman–Crippen MR) is 137 cm³/mol. The zero-order valence-electron chi connectivity index (χ0n) is 19.6. The third-order valence-electron chi connectivity index (χ3n) is 5.32. The summed E-state index contributed by atoms with van der Waals surface area (Å²) >= 11 is 0. The monoisotopic (exact) mass is 469 g/mol. The van der Waals surface area contributed by atoms with Crippen molar-refractivity contribution in [1.29, 1.82) is 5.41 Å². The van der Waals surface area contributed by atoms with Gasteiger partial charge in [0.05, 0.1) is 13.0 Å². The summed E-state index contributed by atoms with van der Waals surface area (Å²) in [4.78, 5) is 30.1. The topological polar surface area (TPSA) is 132 Å². The van der Waals surface area contributed by atoms with Crippen LogP contribution in [0.5, 0.6) is 0 Å². The zero-order chi connectivity index (χ0) is 25.4. The van der Waals surface area contributed by atoms with Crippen molar-refractivity contribution in [2.45, 2.75) is 20.3 Å². The first kappa shape index (κ1) is 25.0. The fourth-order valence-electron chi connectivity index (χ4n) is 3.42. The number of hydrogen-bond acceptors (Lipinski definition) is 5. The summed E-state index contributed by atoms with van der Waals surface area (Å²) in [5.74, 6) is 5.36. The second-order valence-electron chi connectivity index (χ2n) is 7.92. The van der Waals surface area contributed by atoms with Gasteiger partial charge in [0.15, 0.2) is 0 Å². The van der Waals surface area contributed by atoms with Crippen LogP contribution >= 0.6 is 0 Å². The normalized spacial score (nSPS) is 10.1. The summed E-state index contributed by atoms with van der Waals surface area (Å²) in [5, 5.41) is 19.8. The van der Waals surface area contributed by atoms with E-state index < -0.39 is 5.97 Å². The van der Waals surface area contributed by atoms with Gasteiger partial charge in [0, 0.05) is 35.1 Å². The van der Waals surface area contributed by atoms with Crippen LogP contribution in [0.1, 0.15) is 39.0 Å². The number of nitrogens with one attached hydrogen (secondary N) is 2. The number of aryl methyl sites for hydroxylation is 2. The Kier molecular flexibility index (Phi) is 8.20. The second-order valence-corrected chi connectivity index (χ2v) is 7.92. The molecule has 3 aromatic rings. The smallest absolute Gasteiger partial charge is 0.305 e. The lowest BCUT2D eigenvalue weighted by atomic mass is 9.99. The van der Waals surface area contributed by atoms with E-state index in [0.29, 0.717) is 23.5 Å². The number of pyridine rings is 1. The number of carboxylic acids is 1. The third kappa shape index (κ3) is 6.68. The number of anilines is 2. The van der Waals surface area contributed by atoms with Crippen molar-refractivity contribution < 1.29 is 14.7 Å². The van der Waals surface area contributed by atoms with Gasteiger partial charge in [-0.05, 0) is 73.5 Å². The van der Waals surface area contributed by atoms with Crippen LogP contribution in [0.3, 0.4) is 0 Å². The number of nitrogens with zero attached hydrogens (tertiary/aromatic N) is 2. The van der Waals surface area contributed by atoms with Gasteiger partial charge in [0.1, 0.15) is 11.7 Å². The van der Waals surface area contributed by atoms with Gasteiger partial charge < -0.3 is 16.2 Å². The SMILES string of the molecule is Cc1cc(C(=O)N(CCC(=O)O)c2ccccn2)c(C)cc1C#CCNc1ccc(C(=N)N)cc1. The van der Waals surface area contributed by atoms with Gasteiger partial charge >= 0.3 is 5.97 Å². The number of carbonyl (C=O) groups excluding carboxylic acids is 1. The van der Waals surface area contributed by atoms with Crippen LogP contribution in [0.15, 0.2) is 60.8 Å². The van der Waals surface area contributed by atoms with E-state index in [-0.39, 0.29) is 24.7 Å². The molecule has 35 heavy (non-hydrogen) atoms. The van der Waals surface area contributed by atoms with Gasteiger partial charge in [0.2, 0.25) is 0 Å². The van der Waals surface area contributed by atoms with Crippen LogP contribution in [0.4, 0.5) is 11.5 Å². The quantitative estimate of drug-likeness (QED) is 0.227. The lowest BCUT2D eigenvalue weighted by Crippen LogP contribution is -2.34. The predicted octanol–water partition coefficient (Wildman–Crippen LogP) is 3.57. The molecular weight excluding hydrogens is 442 g/mol. The molecule has 0 unspecified atom stereocenters. The van der Waals surface area contributed by atoms with Crippen LogP contribution in [0.25, 0.3) is 0 Å². The van der Waals surface area contributed by atoms with E-state index in [9.17, 15) is 9.59 Å².